The van der Waals surface area contributed by atoms with Crippen LogP contribution in [0.1, 0.15) is 26.2 Å². The molecule has 5 nitrogen and oxygen atoms in total. The van der Waals surface area contributed by atoms with Crippen molar-refractivity contribution in [3.63, 3.8) is 0 Å². The summed E-state index contributed by atoms with van der Waals surface area (Å²) in [4.78, 5) is 15.0. The molecule has 3 saturated heterocycles. The quantitative estimate of drug-likeness (QED) is 0.437. The van der Waals surface area contributed by atoms with Crippen LogP contribution in [0, 0.1) is 23.7 Å². The van der Waals surface area contributed by atoms with Gasteiger partial charge in [-0.25, -0.2) is 0 Å². The van der Waals surface area contributed by atoms with Crippen LogP contribution in [0.2, 0.25) is 0 Å². The van der Waals surface area contributed by atoms with E-state index in [4.69, 9.17) is 14.2 Å². The van der Waals surface area contributed by atoms with Crippen LogP contribution in [0.3, 0.4) is 0 Å². The molecular formula is C19H27NO4. The van der Waals surface area contributed by atoms with E-state index in [0.29, 0.717) is 23.9 Å². The predicted octanol–water partition coefficient (Wildman–Crippen LogP) is 1.62. The molecule has 2 aliphatic carbocycles. The Morgan fingerprint density at radius 1 is 1.33 bits per heavy atom. The largest absolute Gasteiger partial charge is 0.461 e. The molecule has 0 bridgehead atoms. The zero-order valence-electron chi connectivity index (χ0n) is 14.4. The summed E-state index contributed by atoms with van der Waals surface area (Å²) in [5.41, 5.74) is 1.27. The zero-order chi connectivity index (χ0) is 16.5. The fraction of sp³-hybridized carbons (Fsp3) is 0.842. The van der Waals surface area contributed by atoms with E-state index in [-0.39, 0.29) is 23.6 Å². The molecule has 0 aromatic heterocycles. The summed E-state index contributed by atoms with van der Waals surface area (Å²) in [6.07, 6.45) is 3.49. The maximum absolute atomic E-state index is 12.7. The van der Waals surface area contributed by atoms with Crippen LogP contribution in [0.4, 0.5) is 0 Å². The summed E-state index contributed by atoms with van der Waals surface area (Å²) < 4.78 is 17.4. The topological polar surface area (TPSA) is 51.3 Å². The van der Waals surface area contributed by atoms with Gasteiger partial charge in [0.2, 0.25) is 0 Å². The van der Waals surface area contributed by atoms with Gasteiger partial charge < -0.3 is 14.2 Å². The molecule has 0 aromatic rings. The maximum Gasteiger partial charge on any atom is 0.310 e. The number of rotatable bonds is 2. The molecule has 2 saturated carbocycles. The molecule has 5 fully saturated rings. The average Bonchev–Trinajstić information content (AvgIpc) is 3.05. The Morgan fingerprint density at radius 3 is 2.92 bits per heavy atom. The van der Waals surface area contributed by atoms with Gasteiger partial charge in [-0.1, -0.05) is 12.2 Å². The lowest BCUT2D eigenvalue weighted by Gasteiger charge is -2.32. The van der Waals surface area contributed by atoms with Gasteiger partial charge in [-0.2, -0.15) is 0 Å². The first kappa shape index (κ1) is 15.4. The fourth-order valence-electron chi connectivity index (χ4n) is 5.83. The number of hydrogen-bond donors (Lipinski definition) is 0. The third kappa shape index (κ3) is 2.14. The Balaban J connectivity index is 1.40. The Morgan fingerprint density at radius 2 is 2.12 bits per heavy atom. The van der Waals surface area contributed by atoms with Crippen LogP contribution in [-0.4, -0.2) is 61.5 Å². The van der Waals surface area contributed by atoms with Gasteiger partial charge in [-0.3, -0.25) is 9.69 Å². The Kier molecular flexibility index (Phi) is 3.39. The van der Waals surface area contributed by atoms with Crippen LogP contribution in [0.5, 0.6) is 0 Å². The van der Waals surface area contributed by atoms with Gasteiger partial charge in [0.25, 0.3) is 0 Å². The minimum absolute atomic E-state index is 0.000972. The molecule has 0 aromatic carbocycles. The molecule has 5 rings (SSSR count). The zero-order valence-corrected chi connectivity index (χ0v) is 14.4. The van der Waals surface area contributed by atoms with Gasteiger partial charge >= 0.3 is 5.97 Å². The molecular weight excluding hydrogens is 306 g/mol. The third-order valence-corrected chi connectivity index (χ3v) is 7.27. The van der Waals surface area contributed by atoms with E-state index in [2.05, 4.69) is 18.4 Å². The number of carbonyl (C=O) groups excluding carboxylic acids is 1. The molecule has 7 atom stereocenters. The van der Waals surface area contributed by atoms with Gasteiger partial charge in [0.1, 0.15) is 6.10 Å². The number of nitrogens with zero attached hydrogens (tertiary/aromatic N) is 1. The first-order chi connectivity index (χ1) is 11.6. The van der Waals surface area contributed by atoms with Gasteiger partial charge in [-0.05, 0) is 32.1 Å². The van der Waals surface area contributed by atoms with Crippen molar-refractivity contribution in [1.82, 2.24) is 4.90 Å². The van der Waals surface area contributed by atoms with E-state index < -0.39 is 0 Å². The van der Waals surface area contributed by atoms with Gasteiger partial charge in [0, 0.05) is 31.5 Å². The van der Waals surface area contributed by atoms with Crippen molar-refractivity contribution in [3.8, 4) is 0 Å². The molecule has 5 heteroatoms. The number of esters is 1. The molecule has 0 N–H and O–H groups in total. The monoisotopic (exact) mass is 333 g/mol. The van der Waals surface area contributed by atoms with Crippen molar-refractivity contribution >= 4 is 5.97 Å². The van der Waals surface area contributed by atoms with Crippen molar-refractivity contribution in [2.75, 3.05) is 32.8 Å². The molecule has 24 heavy (non-hydrogen) atoms. The number of morpholine rings is 1. The lowest BCUT2D eigenvalue weighted by atomic mass is 9.77. The first-order valence-electron chi connectivity index (χ1n) is 9.44. The molecule has 3 heterocycles. The van der Waals surface area contributed by atoms with Crippen molar-refractivity contribution in [2.45, 2.75) is 44.0 Å². The lowest BCUT2D eigenvalue weighted by Crippen LogP contribution is -2.43. The smallest absolute Gasteiger partial charge is 0.310 e. The van der Waals surface area contributed by atoms with Crippen molar-refractivity contribution in [2.24, 2.45) is 23.7 Å². The maximum atomic E-state index is 12.7. The van der Waals surface area contributed by atoms with Gasteiger partial charge in [-0.15, -0.1) is 0 Å². The highest BCUT2D eigenvalue weighted by Gasteiger charge is 2.71. The highest BCUT2D eigenvalue weighted by molar-refractivity contribution is 5.75. The molecule has 0 radical (unpaired) electrons. The SMILES string of the molecule is C=C1CC[C@H]2C(CN3CCOCC3)C(=O)OC2C2C1CC1O[C@]12C. The van der Waals surface area contributed by atoms with Crippen LogP contribution < -0.4 is 0 Å². The van der Waals surface area contributed by atoms with E-state index in [0.717, 1.165) is 52.1 Å². The molecule has 132 valence electrons. The molecule has 5 unspecified atom stereocenters. The second-order valence-corrected chi connectivity index (χ2v) is 8.44. The van der Waals surface area contributed by atoms with Crippen LogP contribution in [0.25, 0.3) is 0 Å². The number of epoxide rings is 1. The Hall–Kier alpha value is -0.910. The summed E-state index contributed by atoms with van der Waals surface area (Å²) in [5, 5.41) is 0. The van der Waals surface area contributed by atoms with Crippen molar-refractivity contribution in [3.05, 3.63) is 12.2 Å². The number of allylic oxidation sites excluding steroid dienone is 1. The van der Waals surface area contributed by atoms with Crippen LogP contribution in [-0.2, 0) is 19.0 Å². The van der Waals surface area contributed by atoms with Crippen LogP contribution >= 0.6 is 0 Å². The van der Waals surface area contributed by atoms with Crippen molar-refractivity contribution < 1.29 is 19.0 Å². The van der Waals surface area contributed by atoms with Gasteiger partial charge in [0.05, 0.1) is 30.8 Å². The van der Waals surface area contributed by atoms with E-state index in [1.807, 2.05) is 0 Å². The molecule has 5 aliphatic rings. The van der Waals surface area contributed by atoms with Crippen molar-refractivity contribution in [1.29, 1.82) is 0 Å². The summed E-state index contributed by atoms with van der Waals surface area (Å²) in [7, 11) is 0. The highest BCUT2D eigenvalue weighted by Crippen LogP contribution is 2.63. The summed E-state index contributed by atoms with van der Waals surface area (Å²) in [6.45, 7) is 10.8. The summed E-state index contributed by atoms with van der Waals surface area (Å²) in [5.74, 6) is 1.10. The van der Waals surface area contributed by atoms with E-state index in [9.17, 15) is 4.79 Å². The second-order valence-electron chi connectivity index (χ2n) is 8.44. The minimum Gasteiger partial charge on any atom is -0.461 e. The standard InChI is InChI=1S/C19H27NO4/c1-11-3-4-12-14(10-20-5-7-22-8-6-20)18(21)23-17(12)16-13(11)9-15-19(16,2)24-15/h12-17H,1,3-10H2,2H3/t12-,13?,14?,15?,16?,17?,19+/m0/s1. The van der Waals surface area contributed by atoms with Gasteiger partial charge in [0.15, 0.2) is 0 Å². The van der Waals surface area contributed by atoms with E-state index in [1.165, 1.54) is 5.57 Å². The predicted molar refractivity (Wildman–Crippen MR) is 87.4 cm³/mol. The molecule has 0 spiro atoms. The average molecular weight is 333 g/mol. The second kappa shape index (κ2) is 5.29. The van der Waals surface area contributed by atoms with Crippen LogP contribution in [0.15, 0.2) is 12.2 Å². The number of ether oxygens (including phenoxy) is 3. The molecule has 3 aliphatic heterocycles. The number of fused-ring (bicyclic) bond motifs is 5. The summed E-state index contributed by atoms with van der Waals surface area (Å²) in [6, 6.07) is 0. The fourth-order valence-corrected chi connectivity index (χ4v) is 5.83. The normalized spacial score (nSPS) is 50.7. The highest BCUT2D eigenvalue weighted by atomic mass is 16.6. The Labute approximate surface area is 143 Å². The lowest BCUT2D eigenvalue weighted by molar-refractivity contribution is -0.148. The first-order valence-corrected chi connectivity index (χ1v) is 9.44. The number of carbonyl (C=O) groups is 1. The number of hydrogen-bond acceptors (Lipinski definition) is 5. The third-order valence-electron chi connectivity index (χ3n) is 7.27. The van der Waals surface area contributed by atoms with E-state index in [1.54, 1.807) is 0 Å². The van der Waals surface area contributed by atoms with E-state index >= 15 is 0 Å². The minimum atomic E-state index is -0.0883. The Bertz CT molecular complexity index is 572. The summed E-state index contributed by atoms with van der Waals surface area (Å²) >= 11 is 0. The molecule has 0 amide bonds.